The van der Waals surface area contributed by atoms with Crippen molar-refractivity contribution < 1.29 is 4.42 Å². The van der Waals surface area contributed by atoms with Gasteiger partial charge in [0, 0.05) is 0 Å². The molecule has 76 valence electrons. The van der Waals surface area contributed by atoms with Crippen LogP contribution in [0.15, 0.2) is 40.0 Å². The first-order chi connectivity index (χ1) is 7.34. The lowest BCUT2D eigenvalue weighted by Gasteiger charge is -1.95. The standard InChI is InChI=1S/C9H7ClN4O/c10-8-3-4-9(14-12-8)13-11-6-7-2-1-5-15-7/h1-6H,(H,13,14)/b11-6-. The summed E-state index contributed by atoms with van der Waals surface area (Å²) in [6.45, 7) is 0. The molecule has 0 amide bonds. The molecule has 0 radical (unpaired) electrons. The van der Waals surface area contributed by atoms with E-state index in [1.54, 1.807) is 30.5 Å². The van der Waals surface area contributed by atoms with Crippen LogP contribution in [0, 0.1) is 0 Å². The van der Waals surface area contributed by atoms with Gasteiger partial charge >= 0.3 is 0 Å². The SMILES string of the molecule is Clc1ccc(N/N=C\c2ccco2)nn1. The zero-order valence-corrected chi connectivity index (χ0v) is 8.35. The van der Waals surface area contributed by atoms with E-state index >= 15 is 0 Å². The van der Waals surface area contributed by atoms with E-state index in [2.05, 4.69) is 20.7 Å². The van der Waals surface area contributed by atoms with Crippen LogP contribution in [-0.2, 0) is 0 Å². The molecule has 2 aromatic rings. The molecule has 5 nitrogen and oxygen atoms in total. The maximum atomic E-state index is 5.57. The number of hydrazone groups is 1. The summed E-state index contributed by atoms with van der Waals surface area (Å²) >= 11 is 5.57. The van der Waals surface area contributed by atoms with Crippen molar-refractivity contribution in [3.63, 3.8) is 0 Å². The Morgan fingerprint density at radius 3 is 2.93 bits per heavy atom. The molecule has 0 aliphatic rings. The Morgan fingerprint density at radius 1 is 1.33 bits per heavy atom. The van der Waals surface area contributed by atoms with Gasteiger partial charge in [-0.25, -0.2) is 0 Å². The molecule has 2 heterocycles. The van der Waals surface area contributed by atoms with Gasteiger partial charge in [-0.05, 0) is 24.3 Å². The normalized spacial score (nSPS) is 10.7. The molecule has 0 saturated heterocycles. The molecule has 0 bridgehead atoms. The number of halogens is 1. The first-order valence-corrected chi connectivity index (χ1v) is 4.54. The van der Waals surface area contributed by atoms with Crippen LogP contribution in [-0.4, -0.2) is 16.4 Å². The Labute approximate surface area is 90.8 Å². The van der Waals surface area contributed by atoms with E-state index in [4.69, 9.17) is 16.0 Å². The van der Waals surface area contributed by atoms with E-state index < -0.39 is 0 Å². The molecule has 6 heteroatoms. The van der Waals surface area contributed by atoms with Gasteiger partial charge in [0.2, 0.25) is 0 Å². The van der Waals surface area contributed by atoms with Gasteiger partial charge in [-0.3, -0.25) is 5.43 Å². The highest BCUT2D eigenvalue weighted by atomic mass is 35.5. The van der Waals surface area contributed by atoms with Crippen molar-refractivity contribution >= 4 is 23.6 Å². The molecule has 2 rings (SSSR count). The second kappa shape index (κ2) is 4.56. The van der Waals surface area contributed by atoms with Crippen molar-refractivity contribution in [3.8, 4) is 0 Å². The van der Waals surface area contributed by atoms with Gasteiger partial charge in [0.25, 0.3) is 0 Å². The molecule has 1 N–H and O–H groups in total. The number of nitrogens with one attached hydrogen (secondary N) is 1. The maximum Gasteiger partial charge on any atom is 0.168 e. The fourth-order valence-corrected chi connectivity index (χ4v) is 1.00. The summed E-state index contributed by atoms with van der Waals surface area (Å²) < 4.78 is 5.04. The minimum absolute atomic E-state index is 0.343. The third kappa shape index (κ3) is 2.78. The zero-order chi connectivity index (χ0) is 10.5. The number of nitrogens with zero attached hydrogens (tertiary/aromatic N) is 3. The molecule has 0 saturated carbocycles. The van der Waals surface area contributed by atoms with Gasteiger partial charge in [-0.1, -0.05) is 11.6 Å². The van der Waals surface area contributed by atoms with Crippen LogP contribution in [0.3, 0.4) is 0 Å². The molecule has 0 aliphatic heterocycles. The van der Waals surface area contributed by atoms with Crippen LogP contribution in [0.1, 0.15) is 5.76 Å². The highest BCUT2D eigenvalue weighted by molar-refractivity contribution is 6.29. The van der Waals surface area contributed by atoms with Crippen LogP contribution in [0.25, 0.3) is 0 Å². The summed E-state index contributed by atoms with van der Waals surface area (Å²) in [7, 11) is 0. The van der Waals surface area contributed by atoms with E-state index in [9.17, 15) is 0 Å². The quantitative estimate of drug-likeness (QED) is 0.639. The van der Waals surface area contributed by atoms with Gasteiger partial charge in [-0.15, -0.1) is 10.2 Å². The largest absolute Gasteiger partial charge is 0.463 e. The maximum absolute atomic E-state index is 5.57. The minimum Gasteiger partial charge on any atom is -0.463 e. The summed E-state index contributed by atoms with van der Waals surface area (Å²) in [6.07, 6.45) is 3.11. The highest BCUT2D eigenvalue weighted by Crippen LogP contribution is 2.05. The molecule has 0 fully saturated rings. The fraction of sp³-hybridized carbons (Fsp3) is 0. The number of furan rings is 1. The topological polar surface area (TPSA) is 63.3 Å². The number of anilines is 1. The van der Waals surface area contributed by atoms with Crippen molar-refractivity contribution in [1.82, 2.24) is 10.2 Å². The molecule has 0 unspecified atom stereocenters. The predicted octanol–water partition coefficient (Wildman–Crippen LogP) is 2.17. The lowest BCUT2D eigenvalue weighted by molar-refractivity contribution is 0.560. The average molecular weight is 223 g/mol. The highest BCUT2D eigenvalue weighted by Gasteiger charge is 1.92. The molecule has 0 atom stereocenters. The molecule has 15 heavy (non-hydrogen) atoms. The molecular formula is C9H7ClN4O. The average Bonchev–Trinajstić information content (AvgIpc) is 2.74. The summed E-state index contributed by atoms with van der Waals surface area (Å²) in [5.74, 6) is 1.17. The molecule has 0 aliphatic carbocycles. The number of hydrogen-bond acceptors (Lipinski definition) is 5. The Bertz CT molecular complexity index is 438. The van der Waals surface area contributed by atoms with Crippen LogP contribution >= 0.6 is 11.6 Å². The Balaban J connectivity index is 1.96. The van der Waals surface area contributed by atoms with Gasteiger partial charge in [0.15, 0.2) is 11.0 Å². The Kier molecular flexibility index (Phi) is 2.94. The van der Waals surface area contributed by atoms with Crippen LogP contribution in [0.2, 0.25) is 5.15 Å². The summed E-state index contributed by atoms with van der Waals surface area (Å²) in [5.41, 5.74) is 2.69. The van der Waals surface area contributed by atoms with E-state index in [0.29, 0.717) is 16.7 Å². The third-order valence-corrected chi connectivity index (χ3v) is 1.75. The van der Waals surface area contributed by atoms with Crippen molar-refractivity contribution in [2.75, 3.05) is 5.43 Å². The van der Waals surface area contributed by atoms with Gasteiger partial charge in [-0.2, -0.15) is 5.10 Å². The van der Waals surface area contributed by atoms with Crippen LogP contribution in [0.5, 0.6) is 0 Å². The molecule has 0 aromatic carbocycles. The van der Waals surface area contributed by atoms with Gasteiger partial charge < -0.3 is 4.42 Å². The summed E-state index contributed by atoms with van der Waals surface area (Å²) in [6, 6.07) is 6.87. The zero-order valence-electron chi connectivity index (χ0n) is 7.59. The Morgan fingerprint density at radius 2 is 2.27 bits per heavy atom. The number of aromatic nitrogens is 2. The minimum atomic E-state index is 0.343. The summed E-state index contributed by atoms with van der Waals surface area (Å²) in [4.78, 5) is 0. The lowest BCUT2D eigenvalue weighted by Crippen LogP contribution is -1.94. The molecular weight excluding hydrogens is 216 g/mol. The number of rotatable bonds is 3. The molecule has 0 spiro atoms. The van der Waals surface area contributed by atoms with Crippen molar-refractivity contribution in [3.05, 3.63) is 41.4 Å². The smallest absolute Gasteiger partial charge is 0.168 e. The van der Waals surface area contributed by atoms with E-state index in [-0.39, 0.29) is 0 Å². The second-order valence-electron chi connectivity index (χ2n) is 2.63. The van der Waals surface area contributed by atoms with E-state index in [1.807, 2.05) is 0 Å². The van der Waals surface area contributed by atoms with Crippen molar-refractivity contribution in [1.29, 1.82) is 0 Å². The summed E-state index contributed by atoms with van der Waals surface area (Å²) in [5, 5.41) is 11.7. The number of hydrogen-bond donors (Lipinski definition) is 1. The van der Waals surface area contributed by atoms with Gasteiger partial charge in [0.05, 0.1) is 12.5 Å². The Hall–Kier alpha value is -1.88. The third-order valence-electron chi connectivity index (χ3n) is 1.55. The second-order valence-corrected chi connectivity index (χ2v) is 3.01. The van der Waals surface area contributed by atoms with E-state index in [1.165, 1.54) is 6.21 Å². The van der Waals surface area contributed by atoms with Crippen LogP contribution in [0.4, 0.5) is 5.82 Å². The first-order valence-electron chi connectivity index (χ1n) is 4.16. The lowest BCUT2D eigenvalue weighted by atomic mass is 10.5. The first kappa shape index (κ1) is 9.67. The van der Waals surface area contributed by atoms with Gasteiger partial charge in [0.1, 0.15) is 5.76 Å². The monoisotopic (exact) mass is 222 g/mol. The van der Waals surface area contributed by atoms with Crippen molar-refractivity contribution in [2.45, 2.75) is 0 Å². The van der Waals surface area contributed by atoms with Crippen LogP contribution < -0.4 is 5.43 Å². The fourth-order valence-electron chi connectivity index (χ4n) is 0.902. The van der Waals surface area contributed by atoms with E-state index in [0.717, 1.165) is 0 Å². The predicted molar refractivity (Wildman–Crippen MR) is 57.0 cm³/mol. The molecule has 2 aromatic heterocycles. The van der Waals surface area contributed by atoms with Crippen molar-refractivity contribution in [2.24, 2.45) is 5.10 Å².